The molecule has 1 saturated carbocycles. The van der Waals surface area contributed by atoms with Gasteiger partial charge in [0.25, 0.3) is 0 Å². The lowest BCUT2D eigenvalue weighted by Gasteiger charge is -2.39. The van der Waals surface area contributed by atoms with Crippen molar-refractivity contribution >= 4 is 28.3 Å². The largest absolute Gasteiger partial charge is 0.381 e. The fourth-order valence-electron chi connectivity index (χ4n) is 2.15. The summed E-state index contributed by atoms with van der Waals surface area (Å²) in [5.74, 6) is 1.48. The van der Waals surface area contributed by atoms with E-state index in [1.54, 1.807) is 6.07 Å². The zero-order chi connectivity index (χ0) is 11.7. The first-order valence-electron chi connectivity index (χ1n) is 5.78. The van der Waals surface area contributed by atoms with Gasteiger partial charge in [-0.2, -0.15) is 0 Å². The molecule has 0 atom stereocenters. The van der Waals surface area contributed by atoms with Crippen LogP contribution in [0, 0.1) is 21.2 Å². The molecule has 0 aromatic heterocycles. The third kappa shape index (κ3) is 2.67. The molecule has 1 aliphatic carbocycles. The second kappa shape index (κ2) is 4.90. The van der Waals surface area contributed by atoms with E-state index in [0.29, 0.717) is 6.04 Å². The summed E-state index contributed by atoms with van der Waals surface area (Å²) in [6.07, 6.45) is 2.48. The van der Waals surface area contributed by atoms with Gasteiger partial charge in [0.15, 0.2) is 0 Å². The summed E-state index contributed by atoms with van der Waals surface area (Å²) in [5, 5.41) is 3.48. The topological polar surface area (TPSA) is 12.0 Å². The van der Waals surface area contributed by atoms with Crippen LogP contribution >= 0.6 is 22.6 Å². The first kappa shape index (κ1) is 12.1. The highest BCUT2D eigenvalue weighted by molar-refractivity contribution is 14.1. The summed E-state index contributed by atoms with van der Waals surface area (Å²) in [6.45, 7) is 4.56. The lowest BCUT2D eigenvalue weighted by molar-refractivity contribution is 0.212. The van der Waals surface area contributed by atoms with Crippen molar-refractivity contribution in [3.8, 4) is 0 Å². The number of nitrogens with one attached hydrogen (secondary N) is 1. The van der Waals surface area contributed by atoms with E-state index in [0.717, 1.165) is 21.1 Å². The normalized spacial score (nSPS) is 24.3. The van der Waals surface area contributed by atoms with Gasteiger partial charge in [0.2, 0.25) is 0 Å². The average Bonchev–Trinajstić information content (AvgIpc) is 2.12. The Balaban J connectivity index is 1.91. The highest BCUT2D eigenvalue weighted by atomic mass is 127. The summed E-state index contributed by atoms with van der Waals surface area (Å²) in [7, 11) is 0. The SMILES string of the molecule is CC(C)C1CC(Nc2ccc(F)cc2I)C1. The molecule has 1 aromatic rings. The van der Waals surface area contributed by atoms with Crippen LogP contribution in [0.3, 0.4) is 0 Å². The van der Waals surface area contributed by atoms with E-state index < -0.39 is 0 Å². The molecule has 1 nitrogen and oxygen atoms in total. The third-order valence-electron chi connectivity index (χ3n) is 3.41. The highest BCUT2D eigenvalue weighted by Crippen LogP contribution is 2.36. The van der Waals surface area contributed by atoms with Gasteiger partial charge in [-0.3, -0.25) is 0 Å². The van der Waals surface area contributed by atoms with Crippen molar-refractivity contribution < 1.29 is 4.39 Å². The van der Waals surface area contributed by atoms with Gasteiger partial charge in [-0.1, -0.05) is 13.8 Å². The van der Waals surface area contributed by atoms with Crippen LogP contribution in [-0.4, -0.2) is 6.04 Å². The van der Waals surface area contributed by atoms with Gasteiger partial charge in [0, 0.05) is 15.3 Å². The van der Waals surface area contributed by atoms with E-state index in [2.05, 4.69) is 41.8 Å². The van der Waals surface area contributed by atoms with E-state index in [1.165, 1.54) is 18.9 Å². The molecule has 1 aliphatic rings. The number of hydrogen-bond acceptors (Lipinski definition) is 1. The maximum absolute atomic E-state index is 12.9. The maximum Gasteiger partial charge on any atom is 0.124 e. The van der Waals surface area contributed by atoms with Crippen LogP contribution in [-0.2, 0) is 0 Å². The molecular weight excluding hydrogens is 316 g/mol. The zero-order valence-electron chi connectivity index (χ0n) is 9.63. The second-order valence-corrected chi connectivity index (χ2v) is 6.10. The number of benzene rings is 1. The van der Waals surface area contributed by atoms with Crippen LogP contribution in [0.5, 0.6) is 0 Å². The maximum atomic E-state index is 12.9. The van der Waals surface area contributed by atoms with Crippen LogP contribution in [0.25, 0.3) is 0 Å². The van der Waals surface area contributed by atoms with Gasteiger partial charge in [0.1, 0.15) is 5.82 Å². The van der Waals surface area contributed by atoms with Crippen molar-refractivity contribution in [3.63, 3.8) is 0 Å². The van der Waals surface area contributed by atoms with Crippen molar-refractivity contribution in [1.82, 2.24) is 0 Å². The quantitative estimate of drug-likeness (QED) is 0.815. The van der Waals surface area contributed by atoms with Crippen LogP contribution in [0.1, 0.15) is 26.7 Å². The highest BCUT2D eigenvalue weighted by Gasteiger charge is 2.31. The summed E-state index contributed by atoms with van der Waals surface area (Å²) in [4.78, 5) is 0. The van der Waals surface area contributed by atoms with Crippen LogP contribution in [0.15, 0.2) is 18.2 Å². The predicted octanol–water partition coefficient (Wildman–Crippen LogP) is 4.28. The molecule has 0 bridgehead atoms. The Labute approximate surface area is 110 Å². The fourth-order valence-corrected chi connectivity index (χ4v) is 2.78. The van der Waals surface area contributed by atoms with E-state index in [9.17, 15) is 4.39 Å². The molecule has 3 heteroatoms. The molecule has 16 heavy (non-hydrogen) atoms. The minimum atomic E-state index is -0.163. The first-order valence-corrected chi connectivity index (χ1v) is 6.85. The molecule has 0 spiro atoms. The molecule has 1 N–H and O–H groups in total. The number of anilines is 1. The van der Waals surface area contributed by atoms with Crippen LogP contribution in [0.4, 0.5) is 10.1 Å². The van der Waals surface area contributed by atoms with Gasteiger partial charge >= 0.3 is 0 Å². The first-order chi connectivity index (χ1) is 7.56. The van der Waals surface area contributed by atoms with E-state index in [4.69, 9.17) is 0 Å². The summed E-state index contributed by atoms with van der Waals surface area (Å²) in [5.41, 5.74) is 1.06. The predicted molar refractivity (Wildman–Crippen MR) is 74.1 cm³/mol. The lowest BCUT2D eigenvalue weighted by atomic mass is 9.73. The van der Waals surface area contributed by atoms with Gasteiger partial charge in [-0.15, -0.1) is 0 Å². The Morgan fingerprint density at radius 2 is 2.06 bits per heavy atom. The second-order valence-electron chi connectivity index (χ2n) is 4.94. The average molecular weight is 333 g/mol. The molecule has 0 aliphatic heterocycles. The Bertz CT molecular complexity index is 372. The van der Waals surface area contributed by atoms with Crippen LogP contribution < -0.4 is 5.32 Å². The monoisotopic (exact) mass is 333 g/mol. The molecule has 0 heterocycles. The van der Waals surface area contributed by atoms with E-state index >= 15 is 0 Å². The lowest BCUT2D eigenvalue weighted by Crippen LogP contribution is -2.38. The van der Waals surface area contributed by atoms with E-state index in [1.807, 2.05) is 6.07 Å². The Hall–Kier alpha value is -0.320. The minimum absolute atomic E-state index is 0.163. The zero-order valence-corrected chi connectivity index (χ0v) is 11.8. The van der Waals surface area contributed by atoms with Gasteiger partial charge in [-0.05, 0) is 65.5 Å². The van der Waals surface area contributed by atoms with Gasteiger partial charge in [0.05, 0.1) is 0 Å². The number of hydrogen-bond donors (Lipinski definition) is 1. The standard InChI is InChI=1S/C13H17FIN/c1-8(2)9-5-11(6-9)16-13-4-3-10(14)7-12(13)15/h3-4,7-9,11,16H,5-6H2,1-2H3. The number of halogens is 2. The molecule has 1 fully saturated rings. The fraction of sp³-hybridized carbons (Fsp3) is 0.538. The van der Waals surface area contributed by atoms with Gasteiger partial charge < -0.3 is 5.32 Å². The van der Waals surface area contributed by atoms with Crippen LogP contribution in [0.2, 0.25) is 0 Å². The third-order valence-corrected chi connectivity index (χ3v) is 4.30. The molecule has 0 radical (unpaired) electrons. The summed E-state index contributed by atoms with van der Waals surface area (Å²) in [6, 6.07) is 5.50. The molecule has 88 valence electrons. The van der Waals surface area contributed by atoms with Crippen molar-refractivity contribution in [2.45, 2.75) is 32.7 Å². The molecule has 0 saturated heterocycles. The van der Waals surface area contributed by atoms with E-state index in [-0.39, 0.29) is 5.82 Å². The molecule has 2 rings (SSSR count). The Kier molecular flexibility index (Phi) is 3.72. The van der Waals surface area contributed by atoms with Crippen molar-refractivity contribution in [2.75, 3.05) is 5.32 Å². The smallest absolute Gasteiger partial charge is 0.124 e. The Morgan fingerprint density at radius 1 is 1.38 bits per heavy atom. The summed E-state index contributed by atoms with van der Waals surface area (Å²) >= 11 is 2.18. The molecule has 0 unspecified atom stereocenters. The molecule has 0 amide bonds. The number of rotatable bonds is 3. The summed E-state index contributed by atoms with van der Waals surface area (Å²) < 4.78 is 13.9. The Morgan fingerprint density at radius 3 is 2.62 bits per heavy atom. The molecular formula is C13H17FIN. The van der Waals surface area contributed by atoms with Crippen molar-refractivity contribution in [2.24, 2.45) is 11.8 Å². The minimum Gasteiger partial charge on any atom is -0.381 e. The van der Waals surface area contributed by atoms with Crippen molar-refractivity contribution in [1.29, 1.82) is 0 Å². The molecule has 1 aromatic carbocycles. The van der Waals surface area contributed by atoms with Crippen molar-refractivity contribution in [3.05, 3.63) is 27.6 Å². The van der Waals surface area contributed by atoms with Gasteiger partial charge in [-0.25, -0.2) is 4.39 Å².